The van der Waals surface area contributed by atoms with Crippen molar-refractivity contribution in [3.8, 4) is 5.75 Å². The predicted molar refractivity (Wildman–Crippen MR) is 103 cm³/mol. The van der Waals surface area contributed by atoms with Crippen molar-refractivity contribution in [2.45, 2.75) is 52.0 Å². The Kier molecular flexibility index (Phi) is 5.20. The molecule has 1 atom stereocenters. The molecule has 6 nitrogen and oxygen atoms in total. The highest BCUT2D eigenvalue weighted by molar-refractivity contribution is 5.92. The van der Waals surface area contributed by atoms with Gasteiger partial charge in [0.05, 0.1) is 18.6 Å². The van der Waals surface area contributed by atoms with E-state index in [0.29, 0.717) is 19.1 Å². The van der Waals surface area contributed by atoms with Gasteiger partial charge < -0.3 is 15.0 Å². The van der Waals surface area contributed by atoms with Crippen molar-refractivity contribution in [1.82, 2.24) is 15.3 Å². The van der Waals surface area contributed by atoms with Gasteiger partial charge in [-0.1, -0.05) is 0 Å². The summed E-state index contributed by atoms with van der Waals surface area (Å²) < 4.78 is 5.84. The van der Waals surface area contributed by atoms with Crippen LogP contribution in [0.25, 0.3) is 0 Å². The van der Waals surface area contributed by atoms with E-state index in [0.717, 1.165) is 35.5 Å². The Labute approximate surface area is 155 Å². The van der Waals surface area contributed by atoms with E-state index in [1.54, 1.807) is 11.2 Å². The monoisotopic (exact) mass is 356 g/mol. The molecule has 0 aliphatic carbocycles. The van der Waals surface area contributed by atoms with E-state index in [1.165, 1.54) is 0 Å². The molecule has 3 rings (SSSR count). The highest BCUT2D eigenvalue weighted by atomic mass is 16.5. The molecule has 1 aromatic heterocycles. The summed E-state index contributed by atoms with van der Waals surface area (Å²) >= 11 is 0. The lowest BCUT2D eigenvalue weighted by Gasteiger charge is -2.30. The van der Waals surface area contributed by atoms with Crippen LogP contribution in [-0.4, -0.2) is 34.7 Å². The summed E-state index contributed by atoms with van der Waals surface area (Å²) in [7, 11) is 0. The van der Waals surface area contributed by atoms with Crippen LogP contribution in [0.2, 0.25) is 0 Å². The summed E-state index contributed by atoms with van der Waals surface area (Å²) in [5.41, 5.74) is 2.82. The fourth-order valence-electron chi connectivity index (χ4n) is 3.32. The summed E-state index contributed by atoms with van der Waals surface area (Å²) in [5.74, 6) is 1.25. The number of carbonyl (C=O) groups is 1. The molecule has 0 spiro atoms. The molecule has 2 heterocycles. The van der Waals surface area contributed by atoms with Gasteiger partial charge in [0.1, 0.15) is 5.75 Å². The van der Waals surface area contributed by atoms with Gasteiger partial charge in [-0.3, -0.25) is 4.90 Å². The number of rotatable bonds is 4. The Morgan fingerprint density at radius 3 is 2.88 bits per heavy atom. The van der Waals surface area contributed by atoms with Crippen LogP contribution in [0.4, 0.5) is 10.5 Å². The van der Waals surface area contributed by atoms with E-state index in [9.17, 15) is 4.79 Å². The van der Waals surface area contributed by atoms with Crippen LogP contribution >= 0.6 is 0 Å². The van der Waals surface area contributed by atoms with Crippen molar-refractivity contribution in [2.75, 3.05) is 18.1 Å². The number of H-pyrrole nitrogens is 1. The molecule has 6 heteroatoms. The van der Waals surface area contributed by atoms with Crippen LogP contribution in [0.3, 0.4) is 0 Å². The number of fused-ring (bicyclic) bond motifs is 1. The van der Waals surface area contributed by atoms with Crippen LogP contribution in [0.15, 0.2) is 30.7 Å². The molecule has 1 aromatic carbocycles. The minimum atomic E-state index is -0.274. The zero-order valence-corrected chi connectivity index (χ0v) is 16.0. The largest absolute Gasteiger partial charge is 0.493 e. The molecule has 0 fully saturated rings. The lowest BCUT2D eigenvalue weighted by Crippen LogP contribution is -2.48. The van der Waals surface area contributed by atoms with Gasteiger partial charge in [-0.25, -0.2) is 9.78 Å². The maximum absolute atomic E-state index is 12.7. The van der Waals surface area contributed by atoms with Crippen molar-refractivity contribution < 1.29 is 9.53 Å². The number of aromatic amines is 1. The molecule has 26 heavy (non-hydrogen) atoms. The van der Waals surface area contributed by atoms with Crippen LogP contribution in [0.5, 0.6) is 5.75 Å². The number of amides is 2. The van der Waals surface area contributed by atoms with Gasteiger partial charge in [0.15, 0.2) is 0 Å². The molecule has 0 bridgehead atoms. The van der Waals surface area contributed by atoms with Gasteiger partial charge in [-0.2, -0.15) is 0 Å². The van der Waals surface area contributed by atoms with Crippen molar-refractivity contribution in [3.63, 3.8) is 0 Å². The molecule has 2 aromatic rings. The second-order valence-electron chi connectivity index (χ2n) is 7.75. The Morgan fingerprint density at radius 1 is 1.42 bits per heavy atom. The Morgan fingerprint density at radius 2 is 2.23 bits per heavy atom. The predicted octanol–water partition coefficient (Wildman–Crippen LogP) is 3.85. The highest BCUT2D eigenvalue weighted by Crippen LogP contribution is 2.38. The molecule has 1 aliphatic rings. The number of hydrogen-bond donors (Lipinski definition) is 2. The minimum absolute atomic E-state index is 0.0828. The van der Waals surface area contributed by atoms with E-state index in [1.807, 2.05) is 46.0 Å². The van der Waals surface area contributed by atoms with Crippen molar-refractivity contribution in [1.29, 1.82) is 0 Å². The number of nitrogens with one attached hydrogen (secondary N) is 2. The topological polar surface area (TPSA) is 70.2 Å². The van der Waals surface area contributed by atoms with E-state index < -0.39 is 0 Å². The van der Waals surface area contributed by atoms with Crippen LogP contribution in [0, 0.1) is 0 Å². The van der Waals surface area contributed by atoms with Crippen LogP contribution < -0.4 is 15.0 Å². The second kappa shape index (κ2) is 7.40. The molecule has 0 radical (unpaired) electrons. The summed E-state index contributed by atoms with van der Waals surface area (Å²) in [6, 6.07) is 5.95. The van der Waals surface area contributed by atoms with Crippen LogP contribution in [-0.2, 0) is 6.42 Å². The van der Waals surface area contributed by atoms with Crippen molar-refractivity contribution in [2.24, 2.45) is 0 Å². The summed E-state index contributed by atoms with van der Waals surface area (Å²) in [6.45, 7) is 9.26. The smallest absolute Gasteiger partial charge is 0.322 e. The number of aromatic nitrogens is 2. The number of imidazole rings is 1. The lowest BCUT2D eigenvalue weighted by atomic mass is 9.89. The number of hydrogen-bond acceptors (Lipinski definition) is 3. The van der Waals surface area contributed by atoms with Crippen molar-refractivity contribution in [3.05, 3.63) is 42.0 Å². The van der Waals surface area contributed by atoms with Crippen molar-refractivity contribution >= 4 is 11.7 Å². The molecular formula is C20H28N4O2. The molecule has 1 aliphatic heterocycles. The van der Waals surface area contributed by atoms with Gasteiger partial charge in [0, 0.05) is 24.0 Å². The summed E-state index contributed by atoms with van der Waals surface area (Å²) in [6.07, 6.45) is 5.46. The average Bonchev–Trinajstić information content (AvgIpc) is 3.07. The maximum atomic E-state index is 12.7. The summed E-state index contributed by atoms with van der Waals surface area (Å²) in [5, 5.41) is 3.04. The van der Waals surface area contributed by atoms with E-state index >= 15 is 0 Å². The number of nitrogens with zero attached hydrogens (tertiary/aromatic N) is 2. The fraction of sp³-hybridized carbons (Fsp3) is 0.500. The third-order valence-electron chi connectivity index (χ3n) is 4.52. The highest BCUT2D eigenvalue weighted by Gasteiger charge is 2.25. The molecule has 1 unspecified atom stereocenters. The normalized spacial score (nSPS) is 16.5. The molecule has 0 saturated heterocycles. The van der Waals surface area contributed by atoms with Gasteiger partial charge in [0.25, 0.3) is 0 Å². The quantitative estimate of drug-likeness (QED) is 0.874. The maximum Gasteiger partial charge on any atom is 0.322 e. The average molecular weight is 356 g/mol. The van der Waals surface area contributed by atoms with E-state index in [-0.39, 0.29) is 11.6 Å². The van der Waals surface area contributed by atoms with Gasteiger partial charge in [-0.15, -0.1) is 0 Å². The zero-order chi connectivity index (χ0) is 18.7. The molecule has 2 N–H and O–H groups in total. The number of benzene rings is 1. The Hall–Kier alpha value is -2.50. The second-order valence-corrected chi connectivity index (χ2v) is 7.75. The van der Waals surface area contributed by atoms with Crippen LogP contribution in [0.1, 0.15) is 51.3 Å². The minimum Gasteiger partial charge on any atom is -0.493 e. The first-order valence-corrected chi connectivity index (χ1v) is 9.21. The fourth-order valence-corrected chi connectivity index (χ4v) is 3.32. The molecular weight excluding hydrogens is 328 g/mol. The number of carbonyl (C=O) groups excluding carboxylic acids is 1. The van der Waals surface area contributed by atoms with Gasteiger partial charge in [0.2, 0.25) is 0 Å². The van der Waals surface area contributed by atoms with E-state index in [2.05, 4.69) is 21.4 Å². The molecule has 0 saturated carbocycles. The Bertz CT molecular complexity index is 750. The summed E-state index contributed by atoms with van der Waals surface area (Å²) in [4.78, 5) is 21.8. The third kappa shape index (κ3) is 4.18. The third-order valence-corrected chi connectivity index (χ3v) is 4.52. The number of urea groups is 1. The van der Waals surface area contributed by atoms with Gasteiger partial charge in [-0.05, 0) is 70.2 Å². The number of anilines is 1. The SMILES string of the molecule is CCN(C(=O)NC(C)(C)C)c1ccc2c(c1)C(Cc1c[nH]cn1)CCO2. The molecule has 140 valence electrons. The van der Waals surface area contributed by atoms with E-state index in [4.69, 9.17) is 4.74 Å². The van der Waals surface area contributed by atoms with Gasteiger partial charge >= 0.3 is 6.03 Å². The first kappa shape index (κ1) is 18.3. The lowest BCUT2D eigenvalue weighted by molar-refractivity contribution is 0.238. The molecule has 2 amide bonds. The standard InChI is InChI=1S/C20H28N4O2/c1-5-24(19(25)23-20(2,3)4)16-6-7-18-17(11-16)14(8-9-26-18)10-15-12-21-13-22-15/h6-7,11-14H,5,8-10H2,1-4H3,(H,21,22)(H,23,25). The first-order valence-electron chi connectivity index (χ1n) is 9.21. The zero-order valence-electron chi connectivity index (χ0n) is 16.0. The number of ether oxygens (including phenoxy) is 1. The first-order chi connectivity index (χ1) is 12.4. The Balaban J connectivity index is 1.86.